The van der Waals surface area contributed by atoms with Crippen LogP contribution in [0.5, 0.6) is 0 Å². The molecule has 0 fully saturated rings. The zero-order valence-electron chi connectivity index (χ0n) is 11.8. The highest BCUT2D eigenvalue weighted by atomic mass is 19.4. The average molecular weight is 332 g/mol. The minimum Gasteiger partial charge on any atom is -0.394 e. The molecule has 1 amide bonds. The second kappa shape index (κ2) is 6.32. The minimum absolute atomic E-state index is 0.223. The number of nitrogens with zero attached hydrogens (tertiary/aromatic N) is 3. The Morgan fingerprint density at radius 1 is 1.43 bits per heavy atom. The number of aliphatic hydroxyl groups is 1. The number of aliphatic hydroxyl groups excluding tert-OH is 1. The molecule has 23 heavy (non-hydrogen) atoms. The summed E-state index contributed by atoms with van der Waals surface area (Å²) in [6, 6.07) is 3.54. The Morgan fingerprint density at radius 2 is 2.13 bits per heavy atom. The summed E-state index contributed by atoms with van der Waals surface area (Å²) in [6.07, 6.45) is -4.94. The van der Waals surface area contributed by atoms with Gasteiger partial charge in [-0.2, -0.15) is 13.2 Å². The molecule has 0 saturated carbocycles. The lowest BCUT2D eigenvalue weighted by Crippen LogP contribution is -2.36. The maximum atomic E-state index is 13.3. The van der Waals surface area contributed by atoms with Gasteiger partial charge in [0.1, 0.15) is 5.82 Å². The van der Waals surface area contributed by atoms with E-state index in [-0.39, 0.29) is 5.69 Å². The topological polar surface area (TPSA) is 80.0 Å². The van der Waals surface area contributed by atoms with Gasteiger partial charge in [-0.1, -0.05) is 11.3 Å². The van der Waals surface area contributed by atoms with Crippen LogP contribution in [0.4, 0.5) is 17.6 Å². The first kappa shape index (κ1) is 16.9. The first-order valence-corrected chi connectivity index (χ1v) is 6.44. The third-order valence-corrected chi connectivity index (χ3v) is 2.86. The first-order chi connectivity index (χ1) is 10.7. The van der Waals surface area contributed by atoms with E-state index >= 15 is 0 Å². The van der Waals surface area contributed by atoms with Crippen molar-refractivity contribution in [2.75, 3.05) is 6.61 Å². The van der Waals surface area contributed by atoms with Crippen LogP contribution in [0.25, 0.3) is 5.69 Å². The van der Waals surface area contributed by atoms with Crippen LogP contribution in [0.3, 0.4) is 0 Å². The number of rotatable bonds is 4. The summed E-state index contributed by atoms with van der Waals surface area (Å²) >= 11 is 0. The molecular weight excluding hydrogens is 320 g/mol. The lowest BCUT2D eigenvalue weighted by molar-refractivity contribution is -0.143. The Balaban J connectivity index is 2.52. The van der Waals surface area contributed by atoms with Gasteiger partial charge >= 0.3 is 6.18 Å². The van der Waals surface area contributed by atoms with Crippen LogP contribution in [0, 0.1) is 5.82 Å². The molecule has 0 aliphatic rings. The molecule has 10 heteroatoms. The van der Waals surface area contributed by atoms with Gasteiger partial charge in [0.2, 0.25) is 0 Å². The standard InChI is InChI=1S/C13H12F4N4O2/c1-7(6-22)18-12(23)10-11(13(15,16)17)21(20-19-10)9-4-2-3-8(14)5-9/h2-5,7,22H,6H2,1H3,(H,18,23). The number of aromatic nitrogens is 3. The fourth-order valence-corrected chi connectivity index (χ4v) is 1.82. The van der Waals surface area contributed by atoms with Gasteiger partial charge in [0.05, 0.1) is 12.3 Å². The lowest BCUT2D eigenvalue weighted by Gasteiger charge is -2.13. The molecule has 2 rings (SSSR count). The van der Waals surface area contributed by atoms with Crippen LogP contribution in [0.1, 0.15) is 23.1 Å². The van der Waals surface area contributed by atoms with Crippen LogP contribution in [-0.4, -0.2) is 38.7 Å². The van der Waals surface area contributed by atoms with Crippen LogP contribution in [0.15, 0.2) is 24.3 Å². The number of amides is 1. The summed E-state index contributed by atoms with van der Waals surface area (Å²) in [7, 11) is 0. The Kier molecular flexibility index (Phi) is 4.64. The van der Waals surface area contributed by atoms with Gasteiger partial charge in [0, 0.05) is 6.04 Å². The third kappa shape index (κ3) is 3.65. The number of nitrogens with one attached hydrogen (secondary N) is 1. The molecule has 0 bridgehead atoms. The highest BCUT2D eigenvalue weighted by Crippen LogP contribution is 2.32. The van der Waals surface area contributed by atoms with E-state index in [1.807, 2.05) is 0 Å². The molecule has 2 aromatic rings. The maximum Gasteiger partial charge on any atom is 0.435 e. The second-order valence-corrected chi connectivity index (χ2v) is 4.73. The molecule has 124 valence electrons. The summed E-state index contributed by atoms with van der Waals surface area (Å²) in [5, 5.41) is 17.6. The first-order valence-electron chi connectivity index (χ1n) is 6.44. The number of alkyl halides is 3. The van der Waals surface area contributed by atoms with E-state index in [1.165, 1.54) is 19.1 Å². The van der Waals surface area contributed by atoms with Gasteiger partial charge in [-0.25, -0.2) is 9.07 Å². The van der Waals surface area contributed by atoms with Crippen molar-refractivity contribution < 1.29 is 27.5 Å². The Hall–Kier alpha value is -2.49. The highest BCUT2D eigenvalue weighted by Gasteiger charge is 2.42. The molecule has 1 unspecified atom stereocenters. The van der Waals surface area contributed by atoms with E-state index in [4.69, 9.17) is 5.11 Å². The van der Waals surface area contributed by atoms with Gasteiger partial charge in [-0.3, -0.25) is 4.79 Å². The molecule has 0 aliphatic heterocycles. The predicted molar refractivity (Wildman–Crippen MR) is 70.3 cm³/mol. The largest absolute Gasteiger partial charge is 0.435 e. The van der Waals surface area contributed by atoms with Crippen molar-refractivity contribution in [2.45, 2.75) is 19.1 Å². The summed E-state index contributed by atoms with van der Waals surface area (Å²) in [6.45, 7) is 0.952. The monoisotopic (exact) mass is 332 g/mol. The quantitative estimate of drug-likeness (QED) is 0.833. The van der Waals surface area contributed by atoms with E-state index in [0.717, 1.165) is 12.1 Å². The molecular formula is C13H12F4N4O2. The van der Waals surface area contributed by atoms with Gasteiger partial charge in [0.25, 0.3) is 5.91 Å². The molecule has 0 spiro atoms. The molecule has 0 saturated heterocycles. The fraction of sp³-hybridized carbons (Fsp3) is 0.308. The molecule has 6 nitrogen and oxygen atoms in total. The lowest BCUT2D eigenvalue weighted by atomic mass is 10.2. The van der Waals surface area contributed by atoms with Gasteiger partial charge in [-0.05, 0) is 25.1 Å². The molecule has 0 aliphatic carbocycles. The van der Waals surface area contributed by atoms with Crippen molar-refractivity contribution in [3.8, 4) is 5.69 Å². The molecule has 2 N–H and O–H groups in total. The van der Waals surface area contributed by atoms with E-state index in [2.05, 4.69) is 15.6 Å². The number of benzene rings is 1. The van der Waals surface area contributed by atoms with Crippen LogP contribution >= 0.6 is 0 Å². The van der Waals surface area contributed by atoms with Gasteiger partial charge < -0.3 is 10.4 Å². The molecule has 1 aromatic heterocycles. The van der Waals surface area contributed by atoms with Crippen molar-refractivity contribution in [2.24, 2.45) is 0 Å². The van der Waals surface area contributed by atoms with Gasteiger partial charge in [0.15, 0.2) is 11.4 Å². The molecule has 1 atom stereocenters. The third-order valence-electron chi connectivity index (χ3n) is 2.86. The van der Waals surface area contributed by atoms with Crippen molar-refractivity contribution in [3.63, 3.8) is 0 Å². The van der Waals surface area contributed by atoms with Crippen molar-refractivity contribution in [3.05, 3.63) is 41.5 Å². The van der Waals surface area contributed by atoms with E-state index < -0.39 is 41.9 Å². The minimum atomic E-state index is -4.94. The zero-order chi connectivity index (χ0) is 17.2. The van der Waals surface area contributed by atoms with Crippen LogP contribution < -0.4 is 5.32 Å². The second-order valence-electron chi connectivity index (χ2n) is 4.73. The molecule has 1 heterocycles. The Bertz CT molecular complexity index is 714. The zero-order valence-corrected chi connectivity index (χ0v) is 11.8. The number of hydrogen-bond donors (Lipinski definition) is 2. The number of halogens is 4. The number of hydrogen-bond acceptors (Lipinski definition) is 4. The van der Waals surface area contributed by atoms with Crippen molar-refractivity contribution >= 4 is 5.91 Å². The normalized spacial score (nSPS) is 13.0. The van der Waals surface area contributed by atoms with E-state index in [9.17, 15) is 22.4 Å². The molecule has 0 radical (unpaired) electrons. The highest BCUT2D eigenvalue weighted by molar-refractivity contribution is 5.93. The van der Waals surface area contributed by atoms with Gasteiger partial charge in [-0.15, -0.1) is 5.10 Å². The summed E-state index contributed by atoms with van der Waals surface area (Å²) in [5.41, 5.74) is -2.60. The fourth-order valence-electron chi connectivity index (χ4n) is 1.82. The number of carbonyl (C=O) groups excluding carboxylic acids is 1. The number of carbonyl (C=O) groups is 1. The molecule has 1 aromatic carbocycles. The van der Waals surface area contributed by atoms with Crippen molar-refractivity contribution in [1.29, 1.82) is 0 Å². The van der Waals surface area contributed by atoms with E-state index in [1.54, 1.807) is 0 Å². The van der Waals surface area contributed by atoms with Crippen molar-refractivity contribution in [1.82, 2.24) is 20.3 Å². The predicted octanol–water partition coefficient (Wildman–Crippen LogP) is 1.54. The van der Waals surface area contributed by atoms with E-state index in [0.29, 0.717) is 4.68 Å². The Labute approximate surface area is 127 Å². The van der Waals surface area contributed by atoms with Crippen LogP contribution in [-0.2, 0) is 6.18 Å². The van der Waals surface area contributed by atoms with Crippen LogP contribution in [0.2, 0.25) is 0 Å². The average Bonchev–Trinajstić information content (AvgIpc) is 2.92. The summed E-state index contributed by atoms with van der Waals surface area (Å²) in [5.74, 6) is -1.90. The summed E-state index contributed by atoms with van der Waals surface area (Å²) < 4.78 is 53.4. The summed E-state index contributed by atoms with van der Waals surface area (Å²) in [4.78, 5) is 11.9. The smallest absolute Gasteiger partial charge is 0.394 e. The maximum absolute atomic E-state index is 13.3. The Morgan fingerprint density at radius 3 is 2.70 bits per heavy atom. The SMILES string of the molecule is CC(CO)NC(=O)c1nnn(-c2cccc(F)c2)c1C(F)(F)F.